The van der Waals surface area contributed by atoms with E-state index < -0.39 is 5.97 Å². The van der Waals surface area contributed by atoms with E-state index in [9.17, 15) is 9.90 Å². The Hall–Kier alpha value is -0.480. The number of rotatable bonds is 10. The summed E-state index contributed by atoms with van der Waals surface area (Å²) in [5.41, 5.74) is 0. The topological polar surface area (TPSA) is 57.5 Å². The highest BCUT2D eigenvalue weighted by Gasteiger charge is 2.26. The van der Waals surface area contributed by atoms with Gasteiger partial charge in [-0.3, -0.25) is 4.79 Å². The normalized spacial score (nSPS) is 26.9. The second-order valence-corrected chi connectivity index (χ2v) is 8.66. The number of unbranched alkanes of at least 4 members (excludes halogenated alkanes) is 3. The van der Waals surface area contributed by atoms with Crippen LogP contribution in [0.4, 0.5) is 0 Å². The molecule has 1 saturated heterocycles. The average Bonchev–Trinajstić information content (AvgIpc) is 3.03. The van der Waals surface area contributed by atoms with Gasteiger partial charge in [0, 0.05) is 6.42 Å². The lowest BCUT2D eigenvalue weighted by Gasteiger charge is -2.25. The van der Waals surface area contributed by atoms with E-state index in [1.54, 1.807) is 0 Å². The molecule has 0 spiro atoms. The zero-order chi connectivity index (χ0) is 17.2. The van der Waals surface area contributed by atoms with Gasteiger partial charge < -0.3 is 10.2 Å². The van der Waals surface area contributed by atoms with Gasteiger partial charge in [-0.25, -0.2) is 0 Å². The van der Waals surface area contributed by atoms with Gasteiger partial charge in [0.1, 0.15) is 0 Å². The first-order chi connectivity index (χ1) is 11.7. The van der Waals surface area contributed by atoms with Gasteiger partial charge in [0.15, 0.2) is 0 Å². The molecule has 0 bridgehead atoms. The van der Waals surface area contributed by atoms with Gasteiger partial charge in [-0.15, -0.1) is 0 Å². The molecule has 2 fully saturated rings. The fourth-order valence-corrected chi connectivity index (χ4v) is 5.56. The van der Waals surface area contributed by atoms with Crippen LogP contribution in [-0.4, -0.2) is 33.8 Å². The van der Waals surface area contributed by atoms with Gasteiger partial charge in [0.05, 0.1) is 6.10 Å². The van der Waals surface area contributed by atoms with Crippen molar-refractivity contribution in [2.75, 3.05) is 11.5 Å². The Morgan fingerprint density at radius 3 is 2.58 bits per heavy atom. The van der Waals surface area contributed by atoms with Crippen molar-refractivity contribution in [1.29, 1.82) is 0 Å². The van der Waals surface area contributed by atoms with Gasteiger partial charge in [-0.2, -0.15) is 11.8 Å². The largest absolute Gasteiger partial charge is 0.481 e. The highest BCUT2D eigenvalue weighted by molar-refractivity contribution is 7.99. The Morgan fingerprint density at radius 2 is 1.83 bits per heavy atom. The van der Waals surface area contributed by atoms with Crippen molar-refractivity contribution in [2.24, 2.45) is 17.8 Å². The first-order valence-corrected chi connectivity index (χ1v) is 11.0. The molecule has 24 heavy (non-hydrogen) atoms. The standard InChI is InChI=1S/C20H34O3S/c21-19(16-8-5-3-6-9-16)13-12-18-15-24-14-17(18)10-4-1-2-7-11-20(22)23/h12-13,16-19,21H,1-11,14-15H2,(H,22,23)/b13-12+/t17-,18-,19?/m1/s1. The van der Waals surface area contributed by atoms with Crippen LogP contribution >= 0.6 is 11.8 Å². The Bertz CT molecular complexity index is 390. The Morgan fingerprint density at radius 1 is 1.08 bits per heavy atom. The predicted octanol–water partition coefficient (Wildman–Crippen LogP) is 4.89. The lowest BCUT2D eigenvalue weighted by Crippen LogP contribution is -2.21. The van der Waals surface area contributed by atoms with Crippen LogP contribution in [-0.2, 0) is 4.79 Å². The minimum absolute atomic E-state index is 0.243. The molecule has 1 aliphatic carbocycles. The quantitative estimate of drug-likeness (QED) is 0.433. The molecule has 1 heterocycles. The molecule has 1 aliphatic heterocycles. The van der Waals surface area contributed by atoms with Crippen molar-refractivity contribution >= 4 is 17.7 Å². The van der Waals surface area contributed by atoms with E-state index >= 15 is 0 Å². The molecule has 2 aliphatic rings. The molecule has 0 aromatic rings. The lowest BCUT2D eigenvalue weighted by atomic mass is 9.84. The number of carboxylic acid groups (broad SMARTS) is 1. The van der Waals surface area contributed by atoms with Gasteiger partial charge in [0.2, 0.25) is 0 Å². The maximum Gasteiger partial charge on any atom is 0.303 e. The third-order valence-electron chi connectivity index (χ3n) is 5.65. The first-order valence-electron chi connectivity index (χ1n) is 9.82. The van der Waals surface area contributed by atoms with E-state index in [0.717, 1.165) is 25.2 Å². The second-order valence-electron chi connectivity index (χ2n) is 7.58. The number of aliphatic hydroxyl groups is 1. The average molecular weight is 355 g/mol. The van der Waals surface area contributed by atoms with E-state index in [-0.39, 0.29) is 6.10 Å². The molecule has 3 atom stereocenters. The summed E-state index contributed by atoms with van der Waals surface area (Å²) in [5, 5.41) is 19.0. The van der Waals surface area contributed by atoms with Crippen LogP contribution in [0, 0.1) is 17.8 Å². The maximum atomic E-state index is 10.5. The number of allylic oxidation sites excluding steroid dienone is 1. The summed E-state index contributed by atoms with van der Waals surface area (Å²) in [6.45, 7) is 0. The molecule has 2 N–H and O–H groups in total. The fourth-order valence-electron chi connectivity index (χ4n) is 4.05. The highest BCUT2D eigenvalue weighted by Crippen LogP contribution is 2.35. The third-order valence-corrected chi connectivity index (χ3v) is 6.94. The molecule has 0 radical (unpaired) electrons. The first kappa shape index (κ1) is 19.8. The summed E-state index contributed by atoms with van der Waals surface area (Å²) in [4.78, 5) is 10.5. The minimum atomic E-state index is -0.677. The van der Waals surface area contributed by atoms with Crippen molar-refractivity contribution in [2.45, 2.75) is 76.7 Å². The molecule has 138 valence electrons. The van der Waals surface area contributed by atoms with E-state index in [4.69, 9.17) is 5.11 Å². The van der Waals surface area contributed by atoms with E-state index in [1.165, 1.54) is 56.5 Å². The van der Waals surface area contributed by atoms with Gasteiger partial charge in [-0.05, 0) is 54.9 Å². The van der Waals surface area contributed by atoms with Crippen molar-refractivity contribution in [1.82, 2.24) is 0 Å². The number of hydrogen-bond donors (Lipinski definition) is 2. The molecular weight excluding hydrogens is 320 g/mol. The van der Waals surface area contributed by atoms with Gasteiger partial charge in [-0.1, -0.05) is 50.7 Å². The van der Waals surface area contributed by atoms with E-state index in [2.05, 4.69) is 12.2 Å². The molecule has 0 aromatic carbocycles. The van der Waals surface area contributed by atoms with Crippen molar-refractivity contribution in [3.05, 3.63) is 12.2 Å². The summed E-state index contributed by atoms with van der Waals surface area (Å²) >= 11 is 2.04. The monoisotopic (exact) mass is 354 g/mol. The van der Waals surface area contributed by atoms with Crippen LogP contribution < -0.4 is 0 Å². The van der Waals surface area contributed by atoms with Crippen LogP contribution in [0.1, 0.15) is 70.6 Å². The summed E-state index contributed by atoms with van der Waals surface area (Å²) in [5.74, 6) is 3.60. The zero-order valence-electron chi connectivity index (χ0n) is 14.9. The van der Waals surface area contributed by atoms with Gasteiger partial charge >= 0.3 is 5.97 Å². The minimum Gasteiger partial charge on any atom is -0.481 e. The molecule has 4 heteroatoms. The SMILES string of the molecule is O=C(O)CCCCCC[C@@H]1CSC[C@H]1/C=C/C(O)C1CCCCC1. The number of aliphatic hydroxyl groups excluding tert-OH is 1. The van der Waals surface area contributed by atoms with Crippen LogP contribution in [0.3, 0.4) is 0 Å². The maximum absolute atomic E-state index is 10.5. The Labute approximate surface area is 151 Å². The summed E-state index contributed by atoms with van der Waals surface area (Å²) in [6, 6.07) is 0. The molecule has 3 nitrogen and oxygen atoms in total. The van der Waals surface area contributed by atoms with E-state index in [0.29, 0.717) is 18.3 Å². The molecule has 1 saturated carbocycles. The van der Waals surface area contributed by atoms with Crippen molar-refractivity contribution < 1.29 is 15.0 Å². The van der Waals surface area contributed by atoms with Crippen LogP contribution in [0.25, 0.3) is 0 Å². The lowest BCUT2D eigenvalue weighted by molar-refractivity contribution is -0.137. The summed E-state index contributed by atoms with van der Waals surface area (Å²) in [7, 11) is 0. The zero-order valence-corrected chi connectivity index (χ0v) is 15.7. The highest BCUT2D eigenvalue weighted by atomic mass is 32.2. The van der Waals surface area contributed by atoms with Crippen molar-refractivity contribution in [3.63, 3.8) is 0 Å². The summed E-state index contributed by atoms with van der Waals surface area (Å²) in [6.07, 6.45) is 16.2. The second kappa shape index (κ2) is 11.2. The van der Waals surface area contributed by atoms with Crippen molar-refractivity contribution in [3.8, 4) is 0 Å². The Balaban J connectivity index is 1.64. The molecule has 1 unspecified atom stereocenters. The number of aliphatic carboxylic acids is 1. The number of carbonyl (C=O) groups is 1. The number of thioether (sulfide) groups is 1. The smallest absolute Gasteiger partial charge is 0.303 e. The predicted molar refractivity (Wildman–Crippen MR) is 101 cm³/mol. The number of hydrogen-bond acceptors (Lipinski definition) is 3. The fraction of sp³-hybridized carbons (Fsp3) is 0.850. The number of carboxylic acids is 1. The van der Waals surface area contributed by atoms with Crippen LogP contribution in [0.2, 0.25) is 0 Å². The third kappa shape index (κ3) is 7.18. The van der Waals surface area contributed by atoms with E-state index in [1.807, 2.05) is 11.8 Å². The molecule has 0 aromatic heterocycles. The molecular formula is C20H34O3S. The van der Waals surface area contributed by atoms with Crippen LogP contribution in [0.5, 0.6) is 0 Å². The molecule has 0 amide bonds. The van der Waals surface area contributed by atoms with Crippen LogP contribution in [0.15, 0.2) is 12.2 Å². The Kier molecular flexibility index (Phi) is 9.26. The molecule has 2 rings (SSSR count). The summed E-state index contributed by atoms with van der Waals surface area (Å²) < 4.78 is 0. The van der Waals surface area contributed by atoms with Gasteiger partial charge in [0.25, 0.3) is 0 Å².